The van der Waals surface area contributed by atoms with Gasteiger partial charge in [-0.05, 0) is 24.5 Å². The highest BCUT2D eigenvalue weighted by atomic mass is 16.6. The first-order chi connectivity index (χ1) is 8.40. The molecule has 1 atom stereocenters. The monoisotopic (exact) mass is 251 g/mol. The summed E-state index contributed by atoms with van der Waals surface area (Å²) < 4.78 is 0. The van der Waals surface area contributed by atoms with Crippen LogP contribution >= 0.6 is 0 Å². The molecule has 0 aliphatic heterocycles. The number of carbonyl (C=O) groups excluding carboxylic acids is 1. The van der Waals surface area contributed by atoms with E-state index in [1.54, 1.807) is 0 Å². The van der Waals surface area contributed by atoms with Crippen LogP contribution < -0.4 is 11.1 Å². The van der Waals surface area contributed by atoms with Crippen LogP contribution in [0.15, 0.2) is 24.3 Å². The van der Waals surface area contributed by atoms with E-state index in [1.807, 2.05) is 13.8 Å². The van der Waals surface area contributed by atoms with Gasteiger partial charge in [0.15, 0.2) is 0 Å². The van der Waals surface area contributed by atoms with Crippen LogP contribution in [-0.2, 0) is 4.79 Å². The molecular weight excluding hydrogens is 234 g/mol. The van der Waals surface area contributed by atoms with Gasteiger partial charge < -0.3 is 11.1 Å². The molecule has 18 heavy (non-hydrogen) atoms. The topological polar surface area (TPSA) is 98.3 Å². The third kappa shape index (κ3) is 4.14. The van der Waals surface area contributed by atoms with Gasteiger partial charge in [-0.15, -0.1) is 0 Å². The van der Waals surface area contributed by atoms with Crippen molar-refractivity contribution in [3.8, 4) is 0 Å². The van der Waals surface area contributed by atoms with Gasteiger partial charge in [0, 0.05) is 17.8 Å². The number of nitrogens with zero attached hydrogens (tertiary/aromatic N) is 1. The molecule has 0 bridgehead atoms. The van der Waals surface area contributed by atoms with E-state index in [9.17, 15) is 14.9 Å². The molecule has 0 heterocycles. The standard InChI is InChI=1S/C12H17N3O3/c1-8(2)7-11(13)12(16)14-9-3-5-10(6-4-9)15(17)18/h3-6,8,11H,7,13H2,1-2H3,(H,14,16)/t11-/m1/s1. The molecule has 0 fully saturated rings. The first-order valence-electron chi connectivity index (χ1n) is 5.71. The minimum Gasteiger partial charge on any atom is -0.325 e. The zero-order valence-electron chi connectivity index (χ0n) is 10.4. The smallest absolute Gasteiger partial charge is 0.269 e. The van der Waals surface area contributed by atoms with E-state index in [-0.39, 0.29) is 11.6 Å². The molecule has 0 radical (unpaired) electrons. The van der Waals surface area contributed by atoms with Crippen molar-refractivity contribution >= 4 is 17.3 Å². The van der Waals surface area contributed by atoms with Crippen LogP contribution in [0.25, 0.3) is 0 Å². The predicted molar refractivity (Wildman–Crippen MR) is 69.2 cm³/mol. The normalized spacial score (nSPS) is 12.2. The highest BCUT2D eigenvalue weighted by Gasteiger charge is 2.15. The van der Waals surface area contributed by atoms with Crippen LogP contribution in [-0.4, -0.2) is 16.9 Å². The number of anilines is 1. The second kappa shape index (κ2) is 6.11. The Morgan fingerprint density at radius 1 is 1.39 bits per heavy atom. The third-order valence-corrected chi connectivity index (χ3v) is 2.41. The van der Waals surface area contributed by atoms with Crippen LogP contribution in [0.2, 0.25) is 0 Å². The maximum Gasteiger partial charge on any atom is 0.269 e. The number of hydrogen-bond acceptors (Lipinski definition) is 4. The second-order valence-electron chi connectivity index (χ2n) is 4.53. The molecule has 3 N–H and O–H groups in total. The van der Waals surface area contributed by atoms with Crippen molar-refractivity contribution in [1.82, 2.24) is 0 Å². The number of rotatable bonds is 5. The Balaban J connectivity index is 2.62. The highest BCUT2D eigenvalue weighted by Crippen LogP contribution is 2.15. The molecule has 6 nitrogen and oxygen atoms in total. The molecule has 1 amide bonds. The van der Waals surface area contributed by atoms with E-state index in [0.29, 0.717) is 18.0 Å². The average Bonchev–Trinajstić information content (AvgIpc) is 2.28. The number of nitrogens with two attached hydrogens (primary N) is 1. The summed E-state index contributed by atoms with van der Waals surface area (Å²) in [5.41, 5.74) is 6.21. The molecule has 0 unspecified atom stereocenters. The van der Waals surface area contributed by atoms with Gasteiger partial charge in [-0.25, -0.2) is 0 Å². The lowest BCUT2D eigenvalue weighted by Crippen LogP contribution is -2.36. The molecule has 0 aromatic heterocycles. The number of nitrogens with one attached hydrogen (secondary N) is 1. The first-order valence-corrected chi connectivity index (χ1v) is 5.71. The van der Waals surface area contributed by atoms with Crippen LogP contribution in [0.4, 0.5) is 11.4 Å². The van der Waals surface area contributed by atoms with Gasteiger partial charge in [0.25, 0.3) is 5.69 Å². The first kappa shape index (κ1) is 14.1. The van der Waals surface area contributed by atoms with Crippen molar-refractivity contribution < 1.29 is 9.72 Å². The zero-order chi connectivity index (χ0) is 13.7. The van der Waals surface area contributed by atoms with Gasteiger partial charge in [-0.1, -0.05) is 13.8 Å². The van der Waals surface area contributed by atoms with Crippen LogP contribution in [0.3, 0.4) is 0 Å². The van der Waals surface area contributed by atoms with E-state index in [2.05, 4.69) is 5.32 Å². The van der Waals surface area contributed by atoms with E-state index < -0.39 is 11.0 Å². The Labute approximate surface area is 105 Å². The van der Waals surface area contributed by atoms with Crippen molar-refractivity contribution in [1.29, 1.82) is 0 Å². The molecule has 1 aromatic carbocycles. The molecule has 98 valence electrons. The van der Waals surface area contributed by atoms with Crippen LogP contribution in [0.5, 0.6) is 0 Å². The van der Waals surface area contributed by atoms with Crippen molar-refractivity contribution in [2.75, 3.05) is 5.32 Å². The molecular formula is C12H17N3O3. The number of non-ortho nitro benzene ring substituents is 1. The van der Waals surface area contributed by atoms with Gasteiger partial charge >= 0.3 is 0 Å². The number of nitro groups is 1. The van der Waals surface area contributed by atoms with Gasteiger partial charge in [-0.3, -0.25) is 14.9 Å². The molecule has 1 aromatic rings. The fraction of sp³-hybridized carbons (Fsp3) is 0.417. The number of amides is 1. The number of hydrogen-bond donors (Lipinski definition) is 2. The number of carbonyl (C=O) groups is 1. The maximum absolute atomic E-state index is 11.7. The summed E-state index contributed by atoms with van der Waals surface area (Å²) >= 11 is 0. The van der Waals surface area contributed by atoms with Crippen molar-refractivity contribution in [2.24, 2.45) is 11.7 Å². The quantitative estimate of drug-likeness (QED) is 0.616. The molecule has 0 aliphatic carbocycles. The molecule has 1 rings (SSSR count). The molecule has 0 aliphatic rings. The predicted octanol–water partition coefficient (Wildman–Crippen LogP) is 1.91. The van der Waals surface area contributed by atoms with E-state index in [4.69, 9.17) is 5.73 Å². The lowest BCUT2D eigenvalue weighted by Gasteiger charge is -2.13. The Kier molecular flexibility index (Phi) is 4.79. The summed E-state index contributed by atoms with van der Waals surface area (Å²) in [6.45, 7) is 3.97. The second-order valence-corrected chi connectivity index (χ2v) is 4.53. The fourth-order valence-electron chi connectivity index (χ4n) is 1.52. The van der Waals surface area contributed by atoms with E-state index >= 15 is 0 Å². The Hall–Kier alpha value is -1.95. The minimum atomic E-state index is -0.569. The summed E-state index contributed by atoms with van der Waals surface area (Å²) in [5.74, 6) is 0.0557. The average molecular weight is 251 g/mol. The van der Waals surface area contributed by atoms with Gasteiger partial charge in [-0.2, -0.15) is 0 Å². The lowest BCUT2D eigenvalue weighted by molar-refractivity contribution is -0.384. The Morgan fingerprint density at radius 2 is 1.94 bits per heavy atom. The summed E-state index contributed by atoms with van der Waals surface area (Å²) in [4.78, 5) is 21.7. The molecule has 6 heteroatoms. The largest absolute Gasteiger partial charge is 0.325 e. The highest BCUT2D eigenvalue weighted by molar-refractivity contribution is 5.94. The zero-order valence-corrected chi connectivity index (χ0v) is 10.4. The molecule has 0 saturated heterocycles. The van der Waals surface area contributed by atoms with Crippen molar-refractivity contribution in [3.05, 3.63) is 34.4 Å². The Bertz CT molecular complexity index is 429. The summed E-state index contributed by atoms with van der Waals surface area (Å²) in [6.07, 6.45) is 0.596. The van der Waals surface area contributed by atoms with Gasteiger partial charge in [0.2, 0.25) is 5.91 Å². The van der Waals surface area contributed by atoms with E-state index in [1.165, 1.54) is 24.3 Å². The van der Waals surface area contributed by atoms with Gasteiger partial charge in [0.1, 0.15) is 0 Å². The third-order valence-electron chi connectivity index (χ3n) is 2.41. The maximum atomic E-state index is 11.7. The molecule has 0 saturated carbocycles. The minimum absolute atomic E-state index is 0.0144. The SMILES string of the molecule is CC(C)C[C@@H](N)C(=O)Nc1ccc([N+](=O)[O-])cc1. The summed E-state index contributed by atoms with van der Waals surface area (Å²) in [6, 6.07) is 5.07. The summed E-state index contributed by atoms with van der Waals surface area (Å²) in [5, 5.41) is 13.1. The fourth-order valence-corrected chi connectivity index (χ4v) is 1.52. The van der Waals surface area contributed by atoms with E-state index in [0.717, 1.165) is 0 Å². The van der Waals surface area contributed by atoms with Crippen molar-refractivity contribution in [2.45, 2.75) is 26.3 Å². The van der Waals surface area contributed by atoms with Crippen molar-refractivity contribution in [3.63, 3.8) is 0 Å². The Morgan fingerprint density at radius 3 is 2.39 bits per heavy atom. The number of nitro benzene ring substituents is 1. The van der Waals surface area contributed by atoms with Gasteiger partial charge in [0.05, 0.1) is 11.0 Å². The van der Waals surface area contributed by atoms with Crippen LogP contribution in [0.1, 0.15) is 20.3 Å². The molecule has 0 spiro atoms. The summed E-state index contributed by atoms with van der Waals surface area (Å²) in [7, 11) is 0. The lowest BCUT2D eigenvalue weighted by atomic mass is 10.0. The number of benzene rings is 1. The van der Waals surface area contributed by atoms with Crippen LogP contribution in [0, 0.1) is 16.0 Å².